The summed E-state index contributed by atoms with van der Waals surface area (Å²) in [7, 11) is 1.57. The van der Waals surface area contributed by atoms with Crippen molar-refractivity contribution in [3.8, 4) is 0 Å². The highest BCUT2D eigenvalue weighted by atomic mass is 32.1. The highest BCUT2D eigenvalue weighted by Gasteiger charge is 2.16. The summed E-state index contributed by atoms with van der Waals surface area (Å²) in [6, 6.07) is 9.61. The molecule has 26 heavy (non-hydrogen) atoms. The molecule has 5 nitrogen and oxygen atoms in total. The lowest BCUT2D eigenvalue weighted by Crippen LogP contribution is -2.39. The number of methoxy groups -OCH3 is 1. The summed E-state index contributed by atoms with van der Waals surface area (Å²) >= 11 is 1.55. The van der Waals surface area contributed by atoms with Gasteiger partial charge in [-0.3, -0.25) is 9.59 Å². The van der Waals surface area contributed by atoms with Gasteiger partial charge in [0.15, 0.2) is 0 Å². The first kappa shape index (κ1) is 19.9. The van der Waals surface area contributed by atoms with Crippen molar-refractivity contribution in [1.82, 2.24) is 4.90 Å². The van der Waals surface area contributed by atoms with E-state index >= 15 is 0 Å². The Morgan fingerprint density at radius 1 is 1.23 bits per heavy atom. The predicted octanol–water partition coefficient (Wildman–Crippen LogP) is 3.49. The number of benzene rings is 1. The number of ether oxygens (including phenoxy) is 1. The van der Waals surface area contributed by atoms with Crippen LogP contribution >= 0.6 is 11.3 Å². The van der Waals surface area contributed by atoms with E-state index in [1.165, 1.54) is 11.0 Å². The van der Waals surface area contributed by atoms with Gasteiger partial charge in [-0.2, -0.15) is 0 Å². The quantitative estimate of drug-likeness (QED) is 0.722. The van der Waals surface area contributed by atoms with E-state index < -0.39 is 0 Å². The number of aryl methyl sites for hydroxylation is 1. The minimum atomic E-state index is -0.229. The van der Waals surface area contributed by atoms with Crippen LogP contribution in [0.15, 0.2) is 41.8 Å². The van der Waals surface area contributed by atoms with Gasteiger partial charge in [0.25, 0.3) is 0 Å². The normalized spacial score (nSPS) is 10.9. The number of nitrogens with one attached hydrogen (secondary N) is 1. The zero-order valence-corrected chi connectivity index (χ0v) is 16.1. The fraction of sp³-hybridized carbons (Fsp3) is 0.300. The molecule has 0 saturated heterocycles. The van der Waals surface area contributed by atoms with Gasteiger partial charge in [-0.25, -0.2) is 0 Å². The maximum absolute atomic E-state index is 12.5. The summed E-state index contributed by atoms with van der Waals surface area (Å²) in [6.07, 6.45) is 3.25. The van der Waals surface area contributed by atoms with Crippen LogP contribution in [0.4, 0.5) is 5.69 Å². The van der Waals surface area contributed by atoms with Crippen molar-refractivity contribution in [2.24, 2.45) is 0 Å². The topological polar surface area (TPSA) is 58.6 Å². The molecule has 2 amide bonds. The number of hydrogen-bond acceptors (Lipinski definition) is 4. The number of anilines is 1. The molecule has 1 aromatic carbocycles. The van der Waals surface area contributed by atoms with Gasteiger partial charge in [-0.05, 0) is 48.6 Å². The third-order valence-corrected chi connectivity index (χ3v) is 4.86. The van der Waals surface area contributed by atoms with Crippen LogP contribution in [0.1, 0.15) is 16.0 Å². The second-order valence-electron chi connectivity index (χ2n) is 5.90. The van der Waals surface area contributed by atoms with Crippen molar-refractivity contribution >= 4 is 34.9 Å². The van der Waals surface area contributed by atoms with Gasteiger partial charge >= 0.3 is 0 Å². The first-order valence-corrected chi connectivity index (χ1v) is 9.24. The summed E-state index contributed by atoms with van der Waals surface area (Å²) in [5.41, 5.74) is 2.89. The standard InChI is InChI=1S/C20H24N2O3S/c1-15-6-4-8-18(16(15)2)21-19(23)14-22(11-12-25-3)20(24)10-9-17-7-5-13-26-17/h4-10,13H,11-12,14H2,1-3H3,(H,21,23)/b10-9+. The van der Waals surface area contributed by atoms with Gasteiger partial charge in [-0.1, -0.05) is 18.2 Å². The number of rotatable bonds is 8. The number of carbonyl (C=O) groups is 2. The lowest BCUT2D eigenvalue weighted by atomic mass is 10.1. The molecule has 0 spiro atoms. The van der Waals surface area contributed by atoms with Crippen LogP contribution in [0.2, 0.25) is 0 Å². The third-order valence-electron chi connectivity index (χ3n) is 4.02. The monoisotopic (exact) mass is 372 g/mol. The van der Waals surface area contributed by atoms with E-state index in [2.05, 4.69) is 5.32 Å². The van der Waals surface area contributed by atoms with Crippen molar-refractivity contribution in [3.63, 3.8) is 0 Å². The number of amides is 2. The Morgan fingerprint density at radius 2 is 2.04 bits per heavy atom. The SMILES string of the molecule is COCCN(CC(=O)Nc1cccc(C)c1C)C(=O)/C=C/c1cccs1. The molecule has 0 saturated carbocycles. The molecule has 0 aliphatic heterocycles. The first-order valence-electron chi connectivity index (χ1n) is 8.36. The molecule has 1 aromatic heterocycles. The molecule has 138 valence electrons. The Labute approximate surface area is 158 Å². The predicted molar refractivity (Wildman–Crippen MR) is 106 cm³/mol. The number of hydrogen-bond donors (Lipinski definition) is 1. The average molecular weight is 372 g/mol. The molecular formula is C20H24N2O3S. The maximum Gasteiger partial charge on any atom is 0.247 e. The molecular weight excluding hydrogens is 348 g/mol. The third kappa shape index (κ3) is 5.82. The lowest BCUT2D eigenvalue weighted by Gasteiger charge is -2.21. The van der Waals surface area contributed by atoms with E-state index in [4.69, 9.17) is 4.74 Å². The Morgan fingerprint density at radius 3 is 2.73 bits per heavy atom. The second-order valence-corrected chi connectivity index (χ2v) is 6.88. The summed E-state index contributed by atoms with van der Waals surface area (Å²) in [5, 5.41) is 4.84. The van der Waals surface area contributed by atoms with E-state index in [1.807, 2.05) is 49.6 Å². The summed E-state index contributed by atoms with van der Waals surface area (Å²) in [4.78, 5) is 27.4. The largest absolute Gasteiger partial charge is 0.383 e. The van der Waals surface area contributed by atoms with E-state index in [9.17, 15) is 9.59 Å². The molecule has 2 rings (SSSR count). The van der Waals surface area contributed by atoms with E-state index in [1.54, 1.807) is 24.5 Å². The number of nitrogens with zero attached hydrogens (tertiary/aromatic N) is 1. The van der Waals surface area contributed by atoms with Crippen molar-refractivity contribution in [2.45, 2.75) is 13.8 Å². The maximum atomic E-state index is 12.5. The van der Waals surface area contributed by atoms with Gasteiger partial charge < -0.3 is 15.0 Å². The van der Waals surface area contributed by atoms with Crippen LogP contribution in [0.25, 0.3) is 6.08 Å². The zero-order valence-electron chi connectivity index (χ0n) is 15.3. The van der Waals surface area contributed by atoms with Crippen LogP contribution in [-0.2, 0) is 14.3 Å². The summed E-state index contributed by atoms with van der Waals surface area (Å²) in [6.45, 7) is 4.65. The molecule has 1 heterocycles. The van der Waals surface area contributed by atoms with Crippen LogP contribution < -0.4 is 5.32 Å². The van der Waals surface area contributed by atoms with Gasteiger partial charge in [-0.15, -0.1) is 11.3 Å². The van der Waals surface area contributed by atoms with Gasteiger partial charge in [0.2, 0.25) is 11.8 Å². The number of carbonyl (C=O) groups excluding carboxylic acids is 2. The molecule has 0 aliphatic carbocycles. The lowest BCUT2D eigenvalue weighted by molar-refractivity contribution is -0.131. The van der Waals surface area contributed by atoms with Crippen molar-refractivity contribution in [2.75, 3.05) is 32.1 Å². The van der Waals surface area contributed by atoms with E-state index in [-0.39, 0.29) is 18.4 Å². The fourth-order valence-corrected chi connectivity index (χ4v) is 2.98. The molecule has 1 N–H and O–H groups in total. The molecule has 0 fully saturated rings. The number of thiophene rings is 1. The summed E-state index contributed by atoms with van der Waals surface area (Å²) in [5.74, 6) is -0.445. The molecule has 0 radical (unpaired) electrons. The molecule has 0 atom stereocenters. The molecule has 0 unspecified atom stereocenters. The van der Waals surface area contributed by atoms with Gasteiger partial charge in [0, 0.05) is 30.3 Å². The van der Waals surface area contributed by atoms with E-state index in [0.717, 1.165) is 21.7 Å². The second kappa shape index (κ2) is 9.89. The Bertz CT molecular complexity index is 769. The smallest absolute Gasteiger partial charge is 0.247 e. The minimum Gasteiger partial charge on any atom is -0.383 e. The zero-order chi connectivity index (χ0) is 18.9. The van der Waals surface area contributed by atoms with Crippen LogP contribution in [0.5, 0.6) is 0 Å². The molecule has 0 bridgehead atoms. The van der Waals surface area contributed by atoms with Crippen molar-refractivity contribution < 1.29 is 14.3 Å². The Kier molecular flexibility index (Phi) is 7.56. The van der Waals surface area contributed by atoms with Crippen LogP contribution in [-0.4, -0.2) is 43.5 Å². The summed E-state index contributed by atoms with van der Waals surface area (Å²) < 4.78 is 5.06. The fourth-order valence-electron chi connectivity index (χ4n) is 2.36. The van der Waals surface area contributed by atoms with E-state index in [0.29, 0.717) is 13.2 Å². The van der Waals surface area contributed by atoms with Crippen molar-refractivity contribution in [3.05, 3.63) is 57.8 Å². The minimum absolute atomic E-state index is 0.0235. The van der Waals surface area contributed by atoms with Gasteiger partial charge in [0.05, 0.1) is 6.61 Å². The Balaban J connectivity index is 2.02. The van der Waals surface area contributed by atoms with Crippen molar-refractivity contribution in [1.29, 1.82) is 0 Å². The van der Waals surface area contributed by atoms with Gasteiger partial charge in [0.1, 0.15) is 6.54 Å². The highest BCUT2D eigenvalue weighted by Crippen LogP contribution is 2.18. The van der Waals surface area contributed by atoms with Crippen LogP contribution in [0.3, 0.4) is 0 Å². The molecule has 0 aliphatic rings. The molecule has 6 heteroatoms. The Hall–Kier alpha value is -2.44. The van der Waals surface area contributed by atoms with Crippen LogP contribution in [0, 0.1) is 13.8 Å². The first-order chi connectivity index (χ1) is 12.5. The average Bonchev–Trinajstić information content (AvgIpc) is 3.14. The highest BCUT2D eigenvalue weighted by molar-refractivity contribution is 7.10. The molecule has 2 aromatic rings.